The number of rotatable bonds is 2. The number of halogens is 7. The first-order valence-corrected chi connectivity index (χ1v) is 4.24. The zero-order chi connectivity index (χ0) is 12.6. The van der Waals surface area contributed by atoms with Crippen LogP contribution in [0.25, 0.3) is 0 Å². The van der Waals surface area contributed by atoms with Crippen LogP contribution < -0.4 is 5.32 Å². The molecule has 0 spiro atoms. The normalized spacial score (nSPS) is 24.6. The number of hydrogen-bond acceptors (Lipinski definition) is 2. The van der Waals surface area contributed by atoms with Crippen LogP contribution in [0.5, 0.6) is 0 Å². The number of nitrogens with one attached hydrogen (secondary N) is 1. The van der Waals surface area contributed by atoms with E-state index < -0.39 is 30.7 Å². The third-order valence-corrected chi connectivity index (χ3v) is 2.13. The Bertz CT molecular complexity index is 246. The standard InChI is InChI=1S/C7H8F7NO/c8-5(9,4-3-16-2-1-15-4)6(10,11)7(12,13)14/h4,15H,1-3H2. The molecule has 2 nitrogen and oxygen atoms in total. The Labute approximate surface area is 85.7 Å². The lowest BCUT2D eigenvalue weighted by molar-refractivity contribution is -0.362. The molecule has 96 valence electrons. The molecule has 1 fully saturated rings. The van der Waals surface area contributed by atoms with Crippen LogP contribution in [-0.2, 0) is 4.74 Å². The van der Waals surface area contributed by atoms with Crippen LogP contribution in [0, 0.1) is 0 Å². The van der Waals surface area contributed by atoms with Crippen LogP contribution in [0.1, 0.15) is 0 Å². The minimum Gasteiger partial charge on any atom is -0.378 e. The lowest BCUT2D eigenvalue weighted by Gasteiger charge is -2.36. The summed E-state index contributed by atoms with van der Waals surface area (Å²) in [4.78, 5) is 0. The molecule has 1 saturated heterocycles. The number of alkyl halides is 7. The molecule has 0 aromatic carbocycles. The van der Waals surface area contributed by atoms with Gasteiger partial charge >= 0.3 is 18.0 Å². The Kier molecular flexibility index (Phi) is 3.39. The summed E-state index contributed by atoms with van der Waals surface area (Å²) in [6, 6.07) is -2.35. The number of morpholine rings is 1. The first-order chi connectivity index (χ1) is 7.11. The van der Waals surface area contributed by atoms with E-state index in [4.69, 9.17) is 0 Å². The second kappa shape index (κ2) is 4.02. The minimum absolute atomic E-state index is 0.00975. The second-order valence-electron chi connectivity index (χ2n) is 3.28. The molecule has 0 aliphatic carbocycles. The molecule has 1 unspecified atom stereocenters. The average molecular weight is 255 g/mol. The van der Waals surface area contributed by atoms with Gasteiger partial charge in [0.2, 0.25) is 0 Å². The molecule has 0 aromatic rings. The third kappa shape index (κ3) is 2.10. The zero-order valence-corrected chi connectivity index (χ0v) is 7.75. The van der Waals surface area contributed by atoms with Gasteiger partial charge < -0.3 is 10.1 Å². The summed E-state index contributed by atoms with van der Waals surface area (Å²) in [5.41, 5.74) is 0. The van der Waals surface area contributed by atoms with Gasteiger partial charge in [0.25, 0.3) is 0 Å². The van der Waals surface area contributed by atoms with E-state index in [2.05, 4.69) is 4.74 Å². The molecule has 0 saturated carbocycles. The molecule has 1 aliphatic rings. The van der Waals surface area contributed by atoms with Crippen LogP contribution in [0.15, 0.2) is 0 Å². The van der Waals surface area contributed by atoms with Gasteiger partial charge in [-0.3, -0.25) is 0 Å². The van der Waals surface area contributed by atoms with Crippen LogP contribution >= 0.6 is 0 Å². The van der Waals surface area contributed by atoms with Gasteiger partial charge in [0.05, 0.1) is 13.2 Å². The van der Waals surface area contributed by atoms with Gasteiger partial charge in [-0.2, -0.15) is 30.7 Å². The van der Waals surface area contributed by atoms with E-state index in [1.807, 2.05) is 5.32 Å². The first kappa shape index (κ1) is 13.5. The van der Waals surface area contributed by atoms with Crippen molar-refractivity contribution in [2.75, 3.05) is 19.8 Å². The maximum absolute atomic E-state index is 13.0. The fraction of sp³-hybridized carbons (Fsp3) is 1.00. The molecule has 1 rings (SSSR count). The van der Waals surface area contributed by atoms with Gasteiger partial charge in [-0.25, -0.2) is 0 Å². The Hall–Kier alpha value is -0.570. The summed E-state index contributed by atoms with van der Waals surface area (Å²) < 4.78 is 90.8. The second-order valence-corrected chi connectivity index (χ2v) is 3.28. The molecule has 1 aliphatic heterocycles. The molecule has 9 heteroatoms. The van der Waals surface area contributed by atoms with E-state index in [1.54, 1.807) is 0 Å². The highest BCUT2D eigenvalue weighted by Gasteiger charge is 2.75. The number of ether oxygens (including phenoxy) is 1. The molecule has 0 aromatic heterocycles. The van der Waals surface area contributed by atoms with Crippen molar-refractivity contribution in [1.82, 2.24) is 5.32 Å². The van der Waals surface area contributed by atoms with Gasteiger partial charge in [-0.15, -0.1) is 0 Å². The van der Waals surface area contributed by atoms with E-state index in [9.17, 15) is 30.7 Å². The maximum atomic E-state index is 13.0. The molecule has 0 amide bonds. The van der Waals surface area contributed by atoms with Crippen LogP contribution in [0.3, 0.4) is 0 Å². The predicted octanol–water partition coefficient (Wildman–Crippen LogP) is 1.81. The molecule has 1 N–H and O–H groups in total. The lowest BCUT2D eigenvalue weighted by Crippen LogP contribution is -2.64. The van der Waals surface area contributed by atoms with Crippen molar-refractivity contribution in [3.8, 4) is 0 Å². The van der Waals surface area contributed by atoms with Crippen LogP contribution in [-0.4, -0.2) is 43.8 Å². The Balaban J connectivity index is 2.90. The summed E-state index contributed by atoms with van der Waals surface area (Å²) in [6.07, 6.45) is -6.30. The van der Waals surface area contributed by atoms with Crippen molar-refractivity contribution in [3.05, 3.63) is 0 Å². The van der Waals surface area contributed by atoms with Crippen molar-refractivity contribution < 1.29 is 35.5 Å². The lowest BCUT2D eigenvalue weighted by atomic mass is 10.0. The topological polar surface area (TPSA) is 21.3 Å². The average Bonchev–Trinajstić information content (AvgIpc) is 2.17. The van der Waals surface area contributed by atoms with Gasteiger partial charge in [0.1, 0.15) is 6.04 Å². The van der Waals surface area contributed by atoms with Crippen LogP contribution in [0.4, 0.5) is 30.7 Å². The monoisotopic (exact) mass is 255 g/mol. The number of hydrogen-bond donors (Lipinski definition) is 1. The Morgan fingerprint density at radius 2 is 1.56 bits per heavy atom. The van der Waals surface area contributed by atoms with E-state index in [0.29, 0.717) is 0 Å². The highest BCUT2D eigenvalue weighted by Crippen LogP contribution is 2.48. The SMILES string of the molecule is FC(F)(F)C(F)(F)C(F)(F)C1COCCN1. The first-order valence-electron chi connectivity index (χ1n) is 4.24. The van der Waals surface area contributed by atoms with Crippen molar-refractivity contribution in [1.29, 1.82) is 0 Å². The van der Waals surface area contributed by atoms with E-state index in [1.165, 1.54) is 0 Å². The summed E-state index contributed by atoms with van der Waals surface area (Å²) >= 11 is 0. The van der Waals surface area contributed by atoms with E-state index in [0.717, 1.165) is 0 Å². The largest absolute Gasteiger partial charge is 0.459 e. The summed E-state index contributed by atoms with van der Waals surface area (Å²) in [5, 5.41) is 1.88. The van der Waals surface area contributed by atoms with Crippen molar-refractivity contribution in [2.24, 2.45) is 0 Å². The van der Waals surface area contributed by atoms with E-state index in [-0.39, 0.29) is 13.2 Å². The Morgan fingerprint density at radius 3 is 1.94 bits per heavy atom. The third-order valence-electron chi connectivity index (χ3n) is 2.13. The van der Waals surface area contributed by atoms with Gasteiger partial charge in [-0.1, -0.05) is 0 Å². The molecule has 1 heterocycles. The van der Waals surface area contributed by atoms with Crippen molar-refractivity contribution in [3.63, 3.8) is 0 Å². The van der Waals surface area contributed by atoms with Crippen molar-refractivity contribution in [2.45, 2.75) is 24.1 Å². The minimum atomic E-state index is -6.30. The highest BCUT2D eigenvalue weighted by molar-refractivity contribution is 4.99. The van der Waals surface area contributed by atoms with Crippen LogP contribution in [0.2, 0.25) is 0 Å². The molecule has 1 atom stereocenters. The predicted molar refractivity (Wildman–Crippen MR) is 38.6 cm³/mol. The van der Waals surface area contributed by atoms with Gasteiger partial charge in [-0.05, 0) is 0 Å². The van der Waals surface area contributed by atoms with E-state index >= 15 is 0 Å². The van der Waals surface area contributed by atoms with Gasteiger partial charge in [0.15, 0.2) is 0 Å². The van der Waals surface area contributed by atoms with Crippen molar-refractivity contribution >= 4 is 0 Å². The highest BCUT2D eigenvalue weighted by atomic mass is 19.4. The van der Waals surface area contributed by atoms with Gasteiger partial charge in [0, 0.05) is 6.54 Å². The molecular weight excluding hydrogens is 247 g/mol. The molecular formula is C7H8F7NO. The smallest absolute Gasteiger partial charge is 0.378 e. The maximum Gasteiger partial charge on any atom is 0.459 e. The fourth-order valence-electron chi connectivity index (χ4n) is 1.21. The zero-order valence-electron chi connectivity index (χ0n) is 7.75. The molecule has 0 bridgehead atoms. The quantitative estimate of drug-likeness (QED) is 0.760. The summed E-state index contributed by atoms with van der Waals surface area (Å²) in [6.45, 7) is -1.10. The summed E-state index contributed by atoms with van der Waals surface area (Å²) in [7, 11) is 0. The fourth-order valence-corrected chi connectivity index (χ4v) is 1.21. The molecule has 0 radical (unpaired) electrons. The molecule has 16 heavy (non-hydrogen) atoms. The summed E-state index contributed by atoms with van der Waals surface area (Å²) in [5.74, 6) is -11.3. The Morgan fingerprint density at radius 1 is 1.00 bits per heavy atom.